The van der Waals surface area contributed by atoms with Crippen LogP contribution in [0.1, 0.15) is 17.9 Å². The van der Waals surface area contributed by atoms with E-state index in [1.165, 1.54) is 6.07 Å². The molecule has 1 saturated carbocycles. The Morgan fingerprint density at radius 3 is 2.85 bits per heavy atom. The fourth-order valence-electron chi connectivity index (χ4n) is 1.73. The van der Waals surface area contributed by atoms with Crippen molar-refractivity contribution < 1.29 is 4.39 Å². The van der Waals surface area contributed by atoms with Crippen molar-refractivity contribution in [1.82, 2.24) is 0 Å². The van der Waals surface area contributed by atoms with Gasteiger partial charge in [-0.25, -0.2) is 4.39 Å². The normalized spacial score (nSPS) is 26.1. The number of hydrogen-bond acceptors (Lipinski definition) is 1. The van der Waals surface area contributed by atoms with E-state index in [0.717, 1.165) is 6.42 Å². The molecule has 3 heteroatoms. The fraction of sp³-hybridized carbons (Fsp3) is 0.400. The van der Waals surface area contributed by atoms with E-state index in [1.807, 2.05) is 0 Å². The molecule has 0 spiro atoms. The van der Waals surface area contributed by atoms with Crippen LogP contribution in [0.5, 0.6) is 0 Å². The van der Waals surface area contributed by atoms with Crippen molar-refractivity contribution in [3.8, 4) is 0 Å². The molecule has 1 aromatic rings. The topological polar surface area (TPSA) is 26.0 Å². The van der Waals surface area contributed by atoms with E-state index in [4.69, 9.17) is 17.3 Å². The summed E-state index contributed by atoms with van der Waals surface area (Å²) in [6.45, 7) is 0.620. The molecular weight excluding hydrogens is 189 g/mol. The second-order valence-electron chi connectivity index (χ2n) is 3.47. The lowest BCUT2D eigenvalue weighted by atomic mass is 10.1. The van der Waals surface area contributed by atoms with Gasteiger partial charge < -0.3 is 5.73 Å². The molecule has 1 nitrogen and oxygen atoms in total. The van der Waals surface area contributed by atoms with Crippen molar-refractivity contribution in [2.45, 2.75) is 12.3 Å². The number of hydrogen-bond donors (Lipinski definition) is 1. The summed E-state index contributed by atoms with van der Waals surface area (Å²) in [5, 5.41) is 0.529. The van der Waals surface area contributed by atoms with Crippen LogP contribution in [0, 0.1) is 11.7 Å². The summed E-state index contributed by atoms with van der Waals surface area (Å²) >= 11 is 5.91. The lowest BCUT2D eigenvalue weighted by molar-refractivity contribution is 0.606. The maximum absolute atomic E-state index is 13.3. The maximum Gasteiger partial charge on any atom is 0.128 e. The first-order valence-electron chi connectivity index (χ1n) is 4.38. The monoisotopic (exact) mass is 199 g/mol. The van der Waals surface area contributed by atoms with Crippen LogP contribution >= 0.6 is 11.6 Å². The lowest BCUT2D eigenvalue weighted by Crippen LogP contribution is -2.02. The zero-order valence-corrected chi connectivity index (χ0v) is 7.89. The highest BCUT2D eigenvalue weighted by Gasteiger charge is 2.39. The van der Waals surface area contributed by atoms with E-state index in [9.17, 15) is 4.39 Å². The largest absolute Gasteiger partial charge is 0.330 e. The molecule has 0 heterocycles. The average Bonchev–Trinajstić information content (AvgIpc) is 2.83. The average molecular weight is 200 g/mol. The highest BCUT2D eigenvalue weighted by molar-refractivity contribution is 6.31. The first-order chi connectivity index (χ1) is 6.24. The molecule has 1 aliphatic rings. The zero-order chi connectivity index (χ0) is 9.42. The van der Waals surface area contributed by atoms with Gasteiger partial charge in [-0.05, 0) is 36.9 Å². The smallest absolute Gasteiger partial charge is 0.128 e. The summed E-state index contributed by atoms with van der Waals surface area (Å²) in [4.78, 5) is 0. The van der Waals surface area contributed by atoms with Gasteiger partial charge in [-0.3, -0.25) is 0 Å². The van der Waals surface area contributed by atoms with Crippen LogP contribution < -0.4 is 5.73 Å². The molecule has 2 N–H and O–H groups in total. The van der Waals surface area contributed by atoms with Gasteiger partial charge in [0, 0.05) is 10.6 Å². The van der Waals surface area contributed by atoms with E-state index in [2.05, 4.69) is 0 Å². The molecule has 1 aromatic carbocycles. The van der Waals surface area contributed by atoms with Crippen molar-refractivity contribution in [3.05, 3.63) is 34.6 Å². The van der Waals surface area contributed by atoms with Crippen LogP contribution in [0.15, 0.2) is 18.2 Å². The van der Waals surface area contributed by atoms with Crippen LogP contribution in [0.3, 0.4) is 0 Å². The predicted molar refractivity (Wildman–Crippen MR) is 51.3 cm³/mol. The summed E-state index contributed by atoms with van der Waals surface area (Å²) in [7, 11) is 0. The maximum atomic E-state index is 13.3. The molecule has 0 radical (unpaired) electrons. The summed E-state index contributed by atoms with van der Waals surface area (Å²) in [5.41, 5.74) is 6.15. The minimum Gasteiger partial charge on any atom is -0.330 e. The summed E-state index contributed by atoms with van der Waals surface area (Å²) in [6, 6.07) is 4.81. The summed E-state index contributed by atoms with van der Waals surface area (Å²) in [5.74, 6) is 0.474. The van der Waals surface area contributed by atoms with Crippen LogP contribution in [0.2, 0.25) is 5.02 Å². The van der Waals surface area contributed by atoms with E-state index in [0.29, 0.717) is 23.0 Å². The van der Waals surface area contributed by atoms with Crippen LogP contribution in [-0.4, -0.2) is 6.54 Å². The van der Waals surface area contributed by atoms with Crippen molar-refractivity contribution in [2.24, 2.45) is 11.7 Å². The van der Waals surface area contributed by atoms with Crippen LogP contribution in [0.25, 0.3) is 0 Å². The van der Waals surface area contributed by atoms with Gasteiger partial charge in [-0.2, -0.15) is 0 Å². The van der Waals surface area contributed by atoms with Gasteiger partial charge >= 0.3 is 0 Å². The van der Waals surface area contributed by atoms with Gasteiger partial charge in [0.05, 0.1) is 0 Å². The second kappa shape index (κ2) is 3.28. The number of rotatable bonds is 2. The Labute approximate surface area is 81.7 Å². The molecule has 0 unspecified atom stereocenters. The van der Waals surface area contributed by atoms with Crippen molar-refractivity contribution in [1.29, 1.82) is 0 Å². The molecule has 2 atom stereocenters. The van der Waals surface area contributed by atoms with Gasteiger partial charge in [-0.1, -0.05) is 17.7 Å². The zero-order valence-electron chi connectivity index (χ0n) is 7.13. The number of halogens is 2. The predicted octanol–water partition coefficient (Wildman–Crippen LogP) is 2.54. The molecular formula is C10H11ClFN. The minimum absolute atomic E-state index is 0.201. The third-order valence-electron chi connectivity index (χ3n) is 2.60. The first kappa shape index (κ1) is 8.97. The molecule has 0 bridgehead atoms. The van der Waals surface area contributed by atoms with Gasteiger partial charge in [0.1, 0.15) is 5.82 Å². The van der Waals surface area contributed by atoms with E-state index in [-0.39, 0.29) is 11.7 Å². The van der Waals surface area contributed by atoms with E-state index < -0.39 is 0 Å². The third-order valence-corrected chi connectivity index (χ3v) is 2.93. The SMILES string of the molecule is NC[C@@H]1C[C@H]1c1c(F)cccc1Cl. The van der Waals surface area contributed by atoms with Gasteiger partial charge in [0.2, 0.25) is 0 Å². The molecule has 1 aliphatic carbocycles. The Kier molecular flexibility index (Phi) is 2.26. The van der Waals surface area contributed by atoms with Crippen LogP contribution in [-0.2, 0) is 0 Å². The Morgan fingerprint density at radius 2 is 2.31 bits per heavy atom. The fourth-order valence-corrected chi connectivity index (χ4v) is 2.03. The van der Waals surface area contributed by atoms with Gasteiger partial charge in [0.15, 0.2) is 0 Å². The van der Waals surface area contributed by atoms with Gasteiger partial charge in [0.25, 0.3) is 0 Å². The Hall–Kier alpha value is -0.600. The minimum atomic E-state index is -0.201. The quantitative estimate of drug-likeness (QED) is 0.779. The molecule has 0 saturated heterocycles. The molecule has 70 valence electrons. The van der Waals surface area contributed by atoms with E-state index >= 15 is 0 Å². The van der Waals surface area contributed by atoms with E-state index in [1.54, 1.807) is 12.1 Å². The molecule has 2 rings (SSSR count). The Bertz CT molecular complexity index is 306. The Morgan fingerprint density at radius 1 is 1.54 bits per heavy atom. The van der Waals surface area contributed by atoms with Crippen LogP contribution in [0.4, 0.5) is 4.39 Å². The summed E-state index contributed by atoms with van der Waals surface area (Å²) < 4.78 is 13.3. The molecule has 1 fully saturated rings. The highest BCUT2D eigenvalue weighted by Crippen LogP contribution is 2.49. The summed E-state index contributed by atoms with van der Waals surface area (Å²) in [6.07, 6.45) is 0.969. The second-order valence-corrected chi connectivity index (χ2v) is 3.88. The molecule has 13 heavy (non-hydrogen) atoms. The highest BCUT2D eigenvalue weighted by atomic mass is 35.5. The Balaban J connectivity index is 2.30. The first-order valence-corrected chi connectivity index (χ1v) is 4.75. The third kappa shape index (κ3) is 1.56. The van der Waals surface area contributed by atoms with Gasteiger partial charge in [-0.15, -0.1) is 0 Å². The molecule has 0 aromatic heterocycles. The molecule has 0 aliphatic heterocycles. The van der Waals surface area contributed by atoms with Crippen molar-refractivity contribution in [2.75, 3.05) is 6.54 Å². The van der Waals surface area contributed by atoms with Crippen molar-refractivity contribution >= 4 is 11.6 Å². The standard InChI is InChI=1S/C10H11ClFN/c11-8-2-1-3-9(12)10(8)7-4-6(7)5-13/h1-3,6-7H,4-5,13H2/t6-,7+/m0/s1. The molecule has 0 amide bonds. The number of nitrogens with two attached hydrogens (primary N) is 1. The number of benzene rings is 1. The van der Waals surface area contributed by atoms with Crippen molar-refractivity contribution in [3.63, 3.8) is 0 Å². The lowest BCUT2D eigenvalue weighted by Gasteiger charge is -2.03.